The first kappa shape index (κ1) is 24.6. The van der Waals surface area contributed by atoms with Crippen molar-refractivity contribution in [2.24, 2.45) is 5.41 Å². The fraction of sp³-hybridized carbons (Fsp3) is 0.423. The molecule has 3 atom stereocenters. The van der Waals surface area contributed by atoms with E-state index in [9.17, 15) is 18.0 Å². The number of nitrogens with zero attached hydrogens (tertiary/aromatic N) is 3. The van der Waals surface area contributed by atoms with Crippen LogP contribution >= 0.6 is 0 Å². The number of hydrogen-bond acceptors (Lipinski definition) is 7. The van der Waals surface area contributed by atoms with Crippen LogP contribution in [0.3, 0.4) is 0 Å². The van der Waals surface area contributed by atoms with Crippen LogP contribution in [0.1, 0.15) is 43.1 Å². The largest absolute Gasteiger partial charge is 0.469 e. The maximum absolute atomic E-state index is 13.6. The highest BCUT2D eigenvalue weighted by molar-refractivity contribution is 7.89. The van der Waals surface area contributed by atoms with Crippen molar-refractivity contribution in [1.29, 1.82) is 0 Å². The number of fused-ring (bicyclic) bond motifs is 2. The van der Waals surface area contributed by atoms with Crippen LogP contribution in [0.15, 0.2) is 64.8 Å². The number of hydroxylamine groups is 2. The zero-order chi connectivity index (χ0) is 26.1. The molecule has 1 fully saturated rings. The number of benzene rings is 1. The molecule has 0 spiro atoms. The van der Waals surface area contributed by atoms with Crippen LogP contribution < -0.4 is 0 Å². The fourth-order valence-corrected chi connectivity index (χ4v) is 7.23. The number of aryl methyl sites for hydroxylation is 1. The molecule has 10 heteroatoms. The van der Waals surface area contributed by atoms with Gasteiger partial charge in [0.15, 0.2) is 0 Å². The molecule has 1 aromatic carbocycles. The third-order valence-electron chi connectivity index (χ3n) is 8.12. The van der Waals surface area contributed by atoms with Gasteiger partial charge in [-0.3, -0.25) is 19.4 Å². The smallest absolute Gasteiger partial charge is 0.315 e. The summed E-state index contributed by atoms with van der Waals surface area (Å²) in [5.41, 5.74) is -0.787. The maximum atomic E-state index is 13.6. The molecule has 190 valence electrons. The van der Waals surface area contributed by atoms with Gasteiger partial charge in [-0.2, -0.15) is 4.31 Å². The molecule has 0 N–H and O–H groups in total. The number of carbonyl (C=O) groups is 2. The van der Waals surface area contributed by atoms with E-state index in [-0.39, 0.29) is 24.4 Å². The van der Waals surface area contributed by atoms with Gasteiger partial charge >= 0.3 is 5.97 Å². The number of methoxy groups -OCH3 is 1. The van der Waals surface area contributed by atoms with E-state index < -0.39 is 38.5 Å². The van der Waals surface area contributed by atoms with Crippen molar-refractivity contribution in [3.63, 3.8) is 0 Å². The Hall–Kier alpha value is -3.08. The summed E-state index contributed by atoms with van der Waals surface area (Å²) >= 11 is 0. The highest BCUT2D eigenvalue weighted by atomic mass is 32.2. The van der Waals surface area contributed by atoms with E-state index >= 15 is 0 Å². The molecule has 1 saturated heterocycles. The Morgan fingerprint density at radius 3 is 2.33 bits per heavy atom. The van der Waals surface area contributed by atoms with Gasteiger partial charge < -0.3 is 4.74 Å². The van der Waals surface area contributed by atoms with Gasteiger partial charge in [0.05, 0.1) is 23.1 Å². The Kier molecular flexibility index (Phi) is 5.44. The normalized spacial score (nSPS) is 29.9. The van der Waals surface area contributed by atoms with Crippen LogP contribution in [-0.2, 0) is 24.4 Å². The van der Waals surface area contributed by atoms with E-state index in [0.29, 0.717) is 11.1 Å². The minimum absolute atomic E-state index is 0.0547. The number of esters is 1. The Labute approximate surface area is 210 Å². The summed E-state index contributed by atoms with van der Waals surface area (Å²) in [6.45, 7) is 7.35. The highest BCUT2D eigenvalue weighted by Crippen LogP contribution is 2.62. The monoisotopic (exact) mass is 511 g/mol. The minimum atomic E-state index is -3.83. The van der Waals surface area contributed by atoms with Crippen LogP contribution in [-0.4, -0.2) is 66.0 Å². The zero-order valence-electron chi connectivity index (χ0n) is 20.9. The number of sulfonamides is 1. The number of amides is 1. The van der Waals surface area contributed by atoms with Crippen LogP contribution in [0.4, 0.5) is 0 Å². The molecule has 3 aliphatic heterocycles. The molecule has 2 aromatic rings. The summed E-state index contributed by atoms with van der Waals surface area (Å²) in [7, 11) is -2.52. The molecule has 9 nitrogen and oxygen atoms in total. The lowest BCUT2D eigenvalue weighted by Gasteiger charge is -2.62. The summed E-state index contributed by atoms with van der Waals surface area (Å²) in [6, 6.07) is 10.0. The van der Waals surface area contributed by atoms with Crippen molar-refractivity contribution < 1.29 is 27.6 Å². The SMILES string of the molecule is COC(=O)[C@]1(C)C[C@]2(C)C3=C(CN(S(=O)(=O)c4ccc(C)cc4)C3)[C@@]1(C)ON2C(=O)c1cccnc1. The van der Waals surface area contributed by atoms with Crippen molar-refractivity contribution in [2.45, 2.75) is 50.2 Å². The third kappa shape index (κ3) is 3.21. The van der Waals surface area contributed by atoms with Crippen molar-refractivity contribution >= 4 is 21.9 Å². The van der Waals surface area contributed by atoms with Crippen molar-refractivity contribution in [2.75, 3.05) is 20.2 Å². The lowest BCUT2D eigenvalue weighted by Crippen LogP contribution is -2.73. The molecule has 0 unspecified atom stereocenters. The topological polar surface area (TPSA) is 106 Å². The molecule has 4 aliphatic rings. The first-order valence-electron chi connectivity index (χ1n) is 11.7. The Bertz CT molecular complexity index is 1390. The lowest BCUT2D eigenvalue weighted by atomic mass is 9.56. The van der Waals surface area contributed by atoms with Gasteiger partial charge in [0.1, 0.15) is 11.0 Å². The summed E-state index contributed by atoms with van der Waals surface area (Å²) in [4.78, 5) is 37.4. The summed E-state index contributed by atoms with van der Waals surface area (Å²) < 4.78 is 33.8. The number of rotatable bonds is 4. The fourth-order valence-electron chi connectivity index (χ4n) is 5.86. The van der Waals surface area contributed by atoms with Gasteiger partial charge in [-0.25, -0.2) is 13.5 Å². The van der Waals surface area contributed by atoms with Gasteiger partial charge in [-0.1, -0.05) is 17.7 Å². The molecule has 0 saturated carbocycles. The first-order chi connectivity index (χ1) is 16.9. The molecule has 0 radical (unpaired) electrons. The number of pyridine rings is 1. The number of aromatic nitrogens is 1. The number of ether oxygens (including phenoxy) is 1. The van der Waals surface area contributed by atoms with Gasteiger partial charge in [0.25, 0.3) is 5.91 Å². The van der Waals surface area contributed by atoms with Gasteiger partial charge in [0.2, 0.25) is 10.0 Å². The average Bonchev–Trinajstić information content (AvgIpc) is 3.35. The third-order valence-corrected chi connectivity index (χ3v) is 9.93. The summed E-state index contributed by atoms with van der Waals surface area (Å²) in [5.74, 6) is -0.883. The molecular weight excluding hydrogens is 482 g/mol. The highest BCUT2D eigenvalue weighted by Gasteiger charge is 2.71. The van der Waals surface area contributed by atoms with E-state index in [1.54, 1.807) is 56.4 Å². The predicted molar refractivity (Wildman–Crippen MR) is 130 cm³/mol. The molecular formula is C26H29N3O6S. The Balaban J connectivity index is 1.61. The van der Waals surface area contributed by atoms with E-state index in [2.05, 4.69) is 4.98 Å². The molecule has 36 heavy (non-hydrogen) atoms. The lowest BCUT2D eigenvalue weighted by molar-refractivity contribution is -0.315. The number of hydrogen-bond donors (Lipinski definition) is 0. The zero-order valence-corrected chi connectivity index (χ0v) is 21.8. The molecule has 4 heterocycles. The van der Waals surface area contributed by atoms with Crippen LogP contribution in [0, 0.1) is 12.3 Å². The average molecular weight is 512 g/mol. The second kappa shape index (κ2) is 7.96. The Morgan fingerprint density at radius 1 is 1.06 bits per heavy atom. The second-order valence-corrected chi connectivity index (χ2v) is 12.2. The van der Waals surface area contributed by atoms with Crippen molar-refractivity contribution in [3.05, 3.63) is 71.1 Å². The summed E-state index contributed by atoms with van der Waals surface area (Å²) in [5, 5.41) is 1.30. The Morgan fingerprint density at radius 2 is 1.72 bits per heavy atom. The van der Waals surface area contributed by atoms with Crippen LogP contribution in [0.25, 0.3) is 0 Å². The van der Waals surface area contributed by atoms with Crippen LogP contribution in [0.5, 0.6) is 0 Å². The molecule has 2 bridgehead atoms. The second-order valence-electron chi connectivity index (χ2n) is 10.3. The quantitative estimate of drug-likeness (QED) is 0.459. The number of carbonyl (C=O) groups excluding carboxylic acids is 2. The van der Waals surface area contributed by atoms with E-state index in [0.717, 1.165) is 11.1 Å². The van der Waals surface area contributed by atoms with Gasteiger partial charge in [-0.05, 0) is 69.5 Å². The van der Waals surface area contributed by atoms with Crippen molar-refractivity contribution in [3.8, 4) is 0 Å². The standard InChI is InChI=1S/C26H29N3O6S/c1-17-8-10-19(11-9-17)36(32,33)28-14-20-21(15-28)26(4)24(2,23(31)34-5)16-25(20,3)29(35-26)22(30)18-7-6-12-27-13-18/h6-13H,14-16H2,1-5H3/t24-,25+,26+/m0/s1. The molecule has 1 aliphatic carbocycles. The van der Waals surface area contributed by atoms with Gasteiger partial charge in [-0.15, -0.1) is 0 Å². The van der Waals surface area contributed by atoms with E-state index in [1.807, 2.05) is 13.8 Å². The predicted octanol–water partition coefficient (Wildman–Crippen LogP) is 2.88. The van der Waals surface area contributed by atoms with E-state index in [1.165, 1.54) is 22.7 Å². The molecule has 1 aromatic heterocycles. The first-order valence-corrected chi connectivity index (χ1v) is 13.1. The van der Waals surface area contributed by atoms with E-state index in [4.69, 9.17) is 9.57 Å². The molecule has 6 rings (SSSR count). The minimum Gasteiger partial charge on any atom is -0.469 e. The van der Waals surface area contributed by atoms with Gasteiger partial charge in [0, 0.05) is 25.5 Å². The maximum Gasteiger partial charge on any atom is 0.315 e. The van der Waals surface area contributed by atoms with Crippen molar-refractivity contribution in [1.82, 2.24) is 14.4 Å². The summed E-state index contributed by atoms with van der Waals surface area (Å²) in [6.07, 6.45) is 3.24. The molecule has 1 amide bonds. The van der Waals surface area contributed by atoms with Crippen LogP contribution in [0.2, 0.25) is 0 Å².